The zero-order chi connectivity index (χ0) is 21.4. The molecule has 2 aromatic rings. The van der Waals surface area contributed by atoms with Crippen LogP contribution in [0, 0.1) is 10.1 Å². The first-order valence-corrected chi connectivity index (χ1v) is 8.74. The molecule has 152 valence electrons. The topological polar surface area (TPSA) is 155 Å². The molecule has 29 heavy (non-hydrogen) atoms. The van der Waals surface area contributed by atoms with Gasteiger partial charge in [0.05, 0.1) is 18.0 Å². The van der Waals surface area contributed by atoms with Gasteiger partial charge >= 0.3 is 5.97 Å². The highest BCUT2D eigenvalue weighted by molar-refractivity contribution is 5.96. The summed E-state index contributed by atoms with van der Waals surface area (Å²) in [6.45, 7) is 1.76. The number of carbonyl (C=O) groups excluding carboxylic acids is 3. The molecule has 0 aliphatic carbocycles. The third kappa shape index (κ3) is 5.83. The van der Waals surface area contributed by atoms with E-state index in [1.807, 2.05) is 0 Å². The predicted molar refractivity (Wildman–Crippen MR) is 102 cm³/mol. The number of carbonyl (C=O) groups is 3. The minimum atomic E-state index is -1.27. The molecule has 1 heterocycles. The number of hydrogen-bond acceptors (Lipinski definition) is 7. The van der Waals surface area contributed by atoms with Gasteiger partial charge in [0.15, 0.2) is 0 Å². The van der Waals surface area contributed by atoms with Crippen LogP contribution in [0.1, 0.15) is 35.3 Å². The predicted octanol–water partition coefficient (Wildman–Crippen LogP) is 1.31. The number of benzene rings is 1. The van der Waals surface area contributed by atoms with E-state index < -0.39 is 34.7 Å². The number of amides is 2. The Kier molecular flexibility index (Phi) is 7.35. The van der Waals surface area contributed by atoms with Crippen molar-refractivity contribution in [3.8, 4) is 0 Å². The van der Waals surface area contributed by atoms with E-state index in [1.165, 1.54) is 36.5 Å². The Bertz CT molecular complexity index is 885. The van der Waals surface area contributed by atoms with E-state index in [2.05, 4.69) is 10.3 Å². The Labute approximate surface area is 166 Å². The molecule has 0 aliphatic heterocycles. The van der Waals surface area contributed by atoms with Crippen molar-refractivity contribution in [3.63, 3.8) is 0 Å². The highest BCUT2D eigenvalue weighted by Crippen LogP contribution is 2.27. The first-order valence-electron chi connectivity index (χ1n) is 8.74. The number of nitrogens with zero attached hydrogens (tertiary/aromatic N) is 2. The molecule has 0 saturated heterocycles. The van der Waals surface area contributed by atoms with E-state index >= 15 is 0 Å². The first-order chi connectivity index (χ1) is 13.8. The van der Waals surface area contributed by atoms with E-state index in [-0.39, 0.29) is 24.4 Å². The number of primary amides is 1. The van der Waals surface area contributed by atoms with Crippen molar-refractivity contribution in [1.29, 1.82) is 0 Å². The van der Waals surface area contributed by atoms with Gasteiger partial charge in [0.1, 0.15) is 11.7 Å². The van der Waals surface area contributed by atoms with Crippen LogP contribution in [0.5, 0.6) is 0 Å². The summed E-state index contributed by atoms with van der Waals surface area (Å²) in [6, 6.07) is 8.72. The van der Waals surface area contributed by atoms with E-state index in [0.29, 0.717) is 5.56 Å². The smallest absolute Gasteiger partial charge is 0.306 e. The van der Waals surface area contributed by atoms with E-state index in [4.69, 9.17) is 10.5 Å². The van der Waals surface area contributed by atoms with Crippen LogP contribution in [-0.2, 0) is 14.3 Å². The molecule has 1 aromatic carbocycles. The summed E-state index contributed by atoms with van der Waals surface area (Å²) in [7, 11) is 0. The molecule has 3 N–H and O–H groups in total. The number of hydrogen-bond donors (Lipinski definition) is 2. The number of aromatic nitrogens is 1. The molecule has 2 amide bonds. The molecule has 0 aliphatic rings. The van der Waals surface area contributed by atoms with Crippen molar-refractivity contribution in [2.24, 2.45) is 5.73 Å². The molecule has 1 aromatic heterocycles. The molecule has 10 nitrogen and oxygen atoms in total. The maximum atomic E-state index is 12.5. The molecule has 10 heteroatoms. The monoisotopic (exact) mass is 400 g/mol. The van der Waals surface area contributed by atoms with Crippen LogP contribution >= 0.6 is 0 Å². The number of nitro groups is 1. The molecular formula is C19H20N4O6. The van der Waals surface area contributed by atoms with Crippen molar-refractivity contribution < 1.29 is 24.0 Å². The summed E-state index contributed by atoms with van der Waals surface area (Å²) < 4.78 is 4.95. The van der Waals surface area contributed by atoms with Crippen LogP contribution in [0.25, 0.3) is 0 Å². The van der Waals surface area contributed by atoms with Gasteiger partial charge in [-0.05, 0) is 24.6 Å². The quantitative estimate of drug-likeness (QED) is 0.365. The van der Waals surface area contributed by atoms with Gasteiger partial charge in [0.25, 0.3) is 11.6 Å². The van der Waals surface area contributed by atoms with Crippen LogP contribution in [0.15, 0.2) is 48.7 Å². The van der Waals surface area contributed by atoms with Crippen molar-refractivity contribution in [2.45, 2.75) is 25.3 Å². The zero-order valence-corrected chi connectivity index (χ0v) is 15.6. The second kappa shape index (κ2) is 9.93. The van der Waals surface area contributed by atoms with Crippen molar-refractivity contribution in [3.05, 3.63) is 70.0 Å². The fourth-order valence-corrected chi connectivity index (χ4v) is 2.75. The highest BCUT2D eigenvalue weighted by Gasteiger charge is 2.32. The number of rotatable bonds is 9. The lowest BCUT2D eigenvalue weighted by Crippen LogP contribution is -2.49. The number of nitrogens with one attached hydrogen (secondary N) is 1. The molecule has 0 saturated carbocycles. The number of nitro benzene ring substituents is 1. The largest absolute Gasteiger partial charge is 0.466 e. The summed E-state index contributed by atoms with van der Waals surface area (Å²) in [5.74, 6) is -3.01. The zero-order valence-electron chi connectivity index (χ0n) is 15.6. The number of pyridine rings is 1. The summed E-state index contributed by atoms with van der Waals surface area (Å²) in [6.07, 6.45) is 1.16. The summed E-state index contributed by atoms with van der Waals surface area (Å²) in [5, 5.41) is 13.4. The Hall–Kier alpha value is -3.82. The molecule has 0 unspecified atom stereocenters. The van der Waals surface area contributed by atoms with Gasteiger partial charge in [-0.15, -0.1) is 0 Å². The Balaban J connectivity index is 2.36. The maximum absolute atomic E-state index is 12.5. The van der Waals surface area contributed by atoms with Gasteiger partial charge in [-0.2, -0.15) is 0 Å². The van der Waals surface area contributed by atoms with Crippen LogP contribution in [0.4, 0.5) is 5.69 Å². The van der Waals surface area contributed by atoms with Crippen molar-refractivity contribution in [1.82, 2.24) is 10.3 Å². The molecule has 0 fully saturated rings. The summed E-state index contributed by atoms with van der Waals surface area (Å²) in [4.78, 5) is 50.9. The lowest BCUT2D eigenvalue weighted by atomic mass is 9.87. The highest BCUT2D eigenvalue weighted by atomic mass is 16.6. The lowest BCUT2D eigenvalue weighted by molar-refractivity contribution is -0.384. The fraction of sp³-hybridized carbons (Fsp3) is 0.263. The third-order valence-corrected chi connectivity index (χ3v) is 4.12. The molecule has 0 bridgehead atoms. The summed E-state index contributed by atoms with van der Waals surface area (Å²) >= 11 is 0. The second-order valence-electron chi connectivity index (χ2n) is 6.03. The minimum absolute atomic E-state index is 0.0670. The Morgan fingerprint density at radius 3 is 2.41 bits per heavy atom. The van der Waals surface area contributed by atoms with E-state index in [0.717, 1.165) is 0 Å². The second-order valence-corrected chi connectivity index (χ2v) is 6.03. The third-order valence-electron chi connectivity index (χ3n) is 4.12. The minimum Gasteiger partial charge on any atom is -0.466 e. The lowest BCUT2D eigenvalue weighted by Gasteiger charge is -2.25. The van der Waals surface area contributed by atoms with E-state index in [1.54, 1.807) is 19.1 Å². The van der Waals surface area contributed by atoms with E-state index in [9.17, 15) is 24.5 Å². The van der Waals surface area contributed by atoms with Crippen LogP contribution in [-0.4, -0.2) is 40.3 Å². The number of ether oxygens (including phenoxy) is 1. The van der Waals surface area contributed by atoms with Crippen LogP contribution < -0.4 is 11.1 Å². The van der Waals surface area contributed by atoms with Crippen molar-refractivity contribution >= 4 is 23.5 Å². The molecule has 2 atom stereocenters. The van der Waals surface area contributed by atoms with Gasteiger partial charge in [0.2, 0.25) is 5.91 Å². The molecular weight excluding hydrogens is 380 g/mol. The average Bonchev–Trinajstić information content (AvgIpc) is 2.71. The van der Waals surface area contributed by atoms with Gasteiger partial charge in [-0.25, -0.2) is 0 Å². The Morgan fingerprint density at radius 2 is 1.90 bits per heavy atom. The van der Waals surface area contributed by atoms with Crippen LogP contribution in [0.2, 0.25) is 0 Å². The number of non-ortho nitro benzene ring substituents is 1. The average molecular weight is 400 g/mol. The number of esters is 1. The first kappa shape index (κ1) is 21.5. The molecule has 2 rings (SSSR count). The Morgan fingerprint density at radius 1 is 1.21 bits per heavy atom. The SMILES string of the molecule is CCOC(=O)C[C@@H](c1ccc([N+](=O)[O-])cc1)[C@@H](NC(=O)c1ccccn1)C(N)=O. The fourth-order valence-electron chi connectivity index (χ4n) is 2.75. The maximum Gasteiger partial charge on any atom is 0.306 e. The van der Waals surface area contributed by atoms with Gasteiger partial charge < -0.3 is 15.8 Å². The van der Waals surface area contributed by atoms with Gasteiger partial charge in [-0.3, -0.25) is 29.5 Å². The van der Waals surface area contributed by atoms with Crippen LogP contribution in [0.3, 0.4) is 0 Å². The number of nitrogens with two attached hydrogens (primary N) is 1. The normalized spacial score (nSPS) is 12.4. The molecule has 0 radical (unpaired) electrons. The summed E-state index contributed by atoms with van der Waals surface area (Å²) in [5.41, 5.74) is 5.82. The van der Waals surface area contributed by atoms with Gasteiger partial charge in [-0.1, -0.05) is 18.2 Å². The van der Waals surface area contributed by atoms with Gasteiger partial charge in [0, 0.05) is 24.2 Å². The van der Waals surface area contributed by atoms with Crippen molar-refractivity contribution in [2.75, 3.05) is 6.61 Å². The molecule has 0 spiro atoms. The standard InChI is InChI=1S/C19H20N4O6/c1-2-29-16(24)11-14(12-6-8-13(9-7-12)23(27)28)17(18(20)25)22-19(26)15-5-3-4-10-21-15/h3-10,14,17H,2,11H2,1H3,(H2,20,25)(H,22,26)/t14-,17+/m0/s1.